The third-order valence-corrected chi connectivity index (χ3v) is 3.39. The highest BCUT2D eigenvalue weighted by Gasteiger charge is 2.20. The fourth-order valence-electron chi connectivity index (χ4n) is 2.10. The van der Waals surface area contributed by atoms with Gasteiger partial charge in [0.1, 0.15) is 18.4 Å². The second-order valence-corrected chi connectivity index (χ2v) is 5.15. The van der Waals surface area contributed by atoms with E-state index in [2.05, 4.69) is 10.1 Å². The van der Waals surface area contributed by atoms with Crippen LogP contribution in [0.25, 0.3) is 0 Å². The highest BCUT2D eigenvalue weighted by molar-refractivity contribution is 5.80. The maximum atomic E-state index is 11.2. The molecule has 1 amide bonds. The lowest BCUT2D eigenvalue weighted by Crippen LogP contribution is -2.42. The molecule has 0 aliphatic carbocycles. The van der Waals surface area contributed by atoms with Crippen LogP contribution in [0.1, 0.15) is 11.1 Å². The van der Waals surface area contributed by atoms with Crippen LogP contribution in [0.3, 0.4) is 0 Å². The van der Waals surface area contributed by atoms with Crippen LogP contribution in [-0.4, -0.2) is 30.3 Å². The van der Waals surface area contributed by atoms with E-state index in [0.717, 1.165) is 11.1 Å². The summed E-state index contributed by atoms with van der Waals surface area (Å²) in [6.45, 7) is 0.460. The number of amides is 1. The lowest BCUT2D eigenvalue weighted by Gasteiger charge is -2.14. The van der Waals surface area contributed by atoms with E-state index in [1.54, 1.807) is 24.3 Å². The van der Waals surface area contributed by atoms with Crippen molar-refractivity contribution in [3.63, 3.8) is 0 Å². The fourth-order valence-corrected chi connectivity index (χ4v) is 2.10. The van der Waals surface area contributed by atoms with E-state index in [4.69, 9.17) is 9.84 Å². The highest BCUT2D eigenvalue weighted by atomic mass is 16.5. The van der Waals surface area contributed by atoms with E-state index in [1.165, 1.54) is 7.11 Å². The van der Waals surface area contributed by atoms with Gasteiger partial charge in [-0.1, -0.05) is 42.5 Å². The molecule has 24 heavy (non-hydrogen) atoms. The van der Waals surface area contributed by atoms with Gasteiger partial charge in [-0.15, -0.1) is 0 Å². The highest BCUT2D eigenvalue weighted by Crippen LogP contribution is 2.15. The van der Waals surface area contributed by atoms with Crippen molar-refractivity contribution in [3.05, 3.63) is 65.7 Å². The van der Waals surface area contributed by atoms with Crippen LogP contribution in [-0.2, 0) is 22.6 Å². The second-order valence-electron chi connectivity index (χ2n) is 5.15. The SMILES string of the molecule is COC(=O)NC(Cc1ccc(OCc2ccccc2)cc1)C(=O)O. The number of rotatable bonds is 7. The Bertz CT molecular complexity index is 670. The van der Waals surface area contributed by atoms with Gasteiger partial charge in [0.05, 0.1) is 7.11 Å². The lowest BCUT2D eigenvalue weighted by atomic mass is 10.1. The van der Waals surface area contributed by atoms with E-state index >= 15 is 0 Å². The number of nitrogens with one attached hydrogen (secondary N) is 1. The van der Waals surface area contributed by atoms with Crippen LogP contribution >= 0.6 is 0 Å². The molecule has 1 atom stereocenters. The average Bonchev–Trinajstić information content (AvgIpc) is 2.61. The standard InChI is InChI=1S/C18H19NO5/c1-23-18(22)19-16(17(20)21)11-13-7-9-15(10-8-13)24-12-14-5-3-2-4-6-14/h2-10,16H,11-12H2,1H3,(H,19,22)(H,20,21). The minimum atomic E-state index is -1.12. The van der Waals surface area contributed by atoms with Crippen LogP contribution in [0, 0.1) is 0 Å². The molecule has 0 aromatic heterocycles. The van der Waals surface area contributed by atoms with Crippen molar-refractivity contribution in [2.75, 3.05) is 7.11 Å². The average molecular weight is 329 g/mol. The Hall–Kier alpha value is -3.02. The molecule has 0 fully saturated rings. The Morgan fingerprint density at radius 3 is 2.29 bits per heavy atom. The number of hydrogen-bond donors (Lipinski definition) is 2. The summed E-state index contributed by atoms with van der Waals surface area (Å²) >= 11 is 0. The van der Waals surface area contributed by atoms with Crippen LogP contribution in [0.2, 0.25) is 0 Å². The number of carboxylic acids is 1. The molecule has 0 heterocycles. The zero-order valence-electron chi connectivity index (χ0n) is 13.3. The summed E-state index contributed by atoms with van der Waals surface area (Å²) < 4.78 is 10.1. The Kier molecular flexibility index (Phi) is 6.19. The number of hydrogen-bond acceptors (Lipinski definition) is 4. The van der Waals surface area contributed by atoms with E-state index in [1.807, 2.05) is 30.3 Å². The molecule has 0 aliphatic rings. The minimum Gasteiger partial charge on any atom is -0.489 e. The molecule has 2 aromatic carbocycles. The Morgan fingerprint density at radius 2 is 1.71 bits per heavy atom. The van der Waals surface area contributed by atoms with Crippen molar-refractivity contribution in [1.82, 2.24) is 5.32 Å². The topological polar surface area (TPSA) is 84.9 Å². The molecule has 0 spiro atoms. The predicted octanol–water partition coefficient (Wildman–Crippen LogP) is 2.62. The first kappa shape index (κ1) is 17.3. The van der Waals surface area contributed by atoms with E-state index in [0.29, 0.717) is 12.4 Å². The molecular formula is C18H19NO5. The maximum absolute atomic E-state index is 11.2. The molecule has 2 aromatic rings. The van der Waals surface area contributed by atoms with Gasteiger partial charge in [0.2, 0.25) is 0 Å². The third-order valence-electron chi connectivity index (χ3n) is 3.39. The Labute approximate surface area is 140 Å². The number of alkyl carbamates (subject to hydrolysis) is 1. The first-order valence-corrected chi connectivity index (χ1v) is 7.41. The number of aliphatic carboxylic acids is 1. The molecule has 1 unspecified atom stereocenters. The first-order chi connectivity index (χ1) is 11.6. The first-order valence-electron chi connectivity index (χ1n) is 7.41. The maximum Gasteiger partial charge on any atom is 0.407 e. The Morgan fingerprint density at radius 1 is 1.04 bits per heavy atom. The molecule has 6 heteroatoms. The minimum absolute atomic E-state index is 0.156. The van der Waals surface area contributed by atoms with E-state index in [9.17, 15) is 9.59 Å². The molecule has 0 saturated heterocycles. The third kappa shape index (κ3) is 5.31. The summed E-state index contributed by atoms with van der Waals surface area (Å²) in [5.74, 6) is -0.430. The zero-order valence-corrected chi connectivity index (χ0v) is 13.3. The quantitative estimate of drug-likeness (QED) is 0.815. The van der Waals surface area contributed by atoms with Gasteiger partial charge < -0.3 is 19.9 Å². The van der Waals surface area contributed by atoms with Gasteiger partial charge in [-0.25, -0.2) is 9.59 Å². The van der Waals surface area contributed by atoms with E-state index < -0.39 is 18.1 Å². The normalized spacial score (nSPS) is 11.4. The molecule has 0 aliphatic heterocycles. The van der Waals surface area contributed by atoms with Crippen LogP contribution in [0.4, 0.5) is 4.79 Å². The number of carbonyl (C=O) groups is 2. The van der Waals surface area contributed by atoms with Crippen molar-refractivity contribution in [2.45, 2.75) is 19.1 Å². The van der Waals surface area contributed by atoms with Crippen molar-refractivity contribution < 1.29 is 24.2 Å². The van der Waals surface area contributed by atoms with Gasteiger partial charge in [-0.3, -0.25) is 0 Å². The van der Waals surface area contributed by atoms with Crippen LogP contribution in [0.15, 0.2) is 54.6 Å². The summed E-state index contributed by atoms with van der Waals surface area (Å²) in [6.07, 6.45) is -0.617. The summed E-state index contributed by atoms with van der Waals surface area (Å²) in [6, 6.07) is 15.8. The van der Waals surface area contributed by atoms with Crippen molar-refractivity contribution in [3.8, 4) is 5.75 Å². The number of carboxylic acid groups (broad SMARTS) is 1. The van der Waals surface area contributed by atoms with Crippen molar-refractivity contribution in [1.29, 1.82) is 0 Å². The molecule has 6 nitrogen and oxygen atoms in total. The van der Waals surface area contributed by atoms with Gasteiger partial charge in [0.15, 0.2) is 0 Å². The number of methoxy groups -OCH3 is 1. The molecule has 0 bridgehead atoms. The van der Waals surface area contributed by atoms with E-state index in [-0.39, 0.29) is 6.42 Å². The summed E-state index contributed by atoms with van der Waals surface area (Å²) in [4.78, 5) is 22.4. The molecule has 0 saturated carbocycles. The predicted molar refractivity (Wildman–Crippen MR) is 87.9 cm³/mol. The molecule has 126 valence electrons. The van der Waals surface area contributed by atoms with Crippen molar-refractivity contribution in [2.24, 2.45) is 0 Å². The van der Waals surface area contributed by atoms with Crippen LogP contribution < -0.4 is 10.1 Å². The monoisotopic (exact) mass is 329 g/mol. The molecule has 2 N–H and O–H groups in total. The van der Waals surface area contributed by atoms with Crippen molar-refractivity contribution >= 4 is 12.1 Å². The fraction of sp³-hybridized carbons (Fsp3) is 0.222. The van der Waals surface area contributed by atoms with Gasteiger partial charge in [0.25, 0.3) is 0 Å². The van der Waals surface area contributed by atoms with Gasteiger partial charge >= 0.3 is 12.1 Å². The van der Waals surface area contributed by atoms with Crippen LogP contribution in [0.5, 0.6) is 5.75 Å². The molecule has 0 radical (unpaired) electrons. The second kappa shape index (κ2) is 8.57. The van der Waals surface area contributed by atoms with Gasteiger partial charge in [-0.2, -0.15) is 0 Å². The largest absolute Gasteiger partial charge is 0.489 e. The smallest absolute Gasteiger partial charge is 0.407 e. The summed E-state index contributed by atoms with van der Waals surface area (Å²) in [5.41, 5.74) is 1.83. The van der Waals surface area contributed by atoms with Gasteiger partial charge in [-0.05, 0) is 23.3 Å². The Balaban J connectivity index is 1.92. The number of ether oxygens (including phenoxy) is 2. The number of benzene rings is 2. The van der Waals surface area contributed by atoms with Gasteiger partial charge in [0, 0.05) is 6.42 Å². The molecular weight excluding hydrogens is 310 g/mol. The lowest BCUT2D eigenvalue weighted by molar-refractivity contribution is -0.139. The number of carbonyl (C=O) groups excluding carboxylic acids is 1. The molecule has 2 rings (SSSR count). The summed E-state index contributed by atoms with van der Waals surface area (Å²) in [7, 11) is 1.19. The zero-order chi connectivity index (χ0) is 17.4. The summed E-state index contributed by atoms with van der Waals surface area (Å²) in [5, 5.41) is 11.4.